The lowest BCUT2D eigenvalue weighted by Crippen LogP contribution is -2.44. The number of nitrogens with zero attached hydrogens (tertiary/aromatic N) is 4. The number of halogens is 2. The second-order valence-electron chi connectivity index (χ2n) is 10.3. The van der Waals surface area contributed by atoms with Crippen molar-refractivity contribution in [2.75, 3.05) is 50.5 Å². The summed E-state index contributed by atoms with van der Waals surface area (Å²) in [5, 5.41) is 6.81. The first-order chi connectivity index (χ1) is 18.9. The van der Waals surface area contributed by atoms with Crippen molar-refractivity contribution in [2.45, 2.75) is 31.0 Å². The topological polar surface area (TPSA) is 91.9 Å². The number of ether oxygens (including phenoxy) is 2. The highest BCUT2D eigenvalue weighted by Gasteiger charge is 2.40. The Labute approximate surface area is 230 Å². The van der Waals surface area contributed by atoms with Gasteiger partial charge in [-0.15, -0.1) is 0 Å². The van der Waals surface area contributed by atoms with Crippen molar-refractivity contribution in [2.24, 2.45) is 0 Å². The van der Waals surface area contributed by atoms with Gasteiger partial charge >= 0.3 is 0 Å². The summed E-state index contributed by atoms with van der Waals surface area (Å²) in [6, 6.07) is 9.09. The summed E-state index contributed by atoms with van der Waals surface area (Å²) in [7, 11) is 2.17. The Hall–Kier alpha value is -3.31. The molecule has 3 aliphatic heterocycles. The highest BCUT2D eigenvalue weighted by molar-refractivity contribution is 6.31. The molecule has 9 nitrogen and oxygen atoms in total. The first-order valence-electron chi connectivity index (χ1n) is 13.1. The fourth-order valence-electron chi connectivity index (χ4n) is 5.52. The third-order valence-electron chi connectivity index (χ3n) is 7.60. The van der Waals surface area contributed by atoms with Gasteiger partial charge in [0.2, 0.25) is 5.91 Å². The summed E-state index contributed by atoms with van der Waals surface area (Å²) in [6.07, 6.45) is 6.77. The number of hydrogen-bond donors (Lipinski definition) is 2. The zero-order valence-corrected chi connectivity index (χ0v) is 22.3. The van der Waals surface area contributed by atoms with Crippen LogP contribution in [-0.2, 0) is 9.53 Å². The average Bonchev–Trinajstić information content (AvgIpc) is 3.65. The van der Waals surface area contributed by atoms with E-state index in [1.807, 2.05) is 6.08 Å². The highest BCUT2D eigenvalue weighted by Crippen LogP contribution is 2.35. The minimum Gasteiger partial charge on any atom is -0.486 e. The van der Waals surface area contributed by atoms with Crippen molar-refractivity contribution in [1.82, 2.24) is 19.8 Å². The number of anilines is 3. The quantitative estimate of drug-likeness (QED) is 0.402. The Kier molecular flexibility index (Phi) is 7.35. The minimum atomic E-state index is -0.505. The van der Waals surface area contributed by atoms with Gasteiger partial charge in [-0.1, -0.05) is 17.7 Å². The van der Waals surface area contributed by atoms with E-state index < -0.39 is 5.82 Å². The second-order valence-corrected chi connectivity index (χ2v) is 10.7. The van der Waals surface area contributed by atoms with Crippen molar-refractivity contribution in [3.05, 3.63) is 59.7 Å². The summed E-state index contributed by atoms with van der Waals surface area (Å²) < 4.78 is 25.3. The molecule has 3 atom stereocenters. The van der Waals surface area contributed by atoms with Gasteiger partial charge in [0.25, 0.3) is 0 Å². The molecule has 204 valence electrons. The number of carbonyl (C=O) groups is 1. The van der Waals surface area contributed by atoms with Gasteiger partial charge in [0.05, 0.1) is 29.4 Å². The lowest BCUT2D eigenvalue weighted by atomic mass is 10.1. The minimum absolute atomic E-state index is 0.00125. The molecule has 11 heteroatoms. The molecule has 2 aromatic carbocycles. The number of piperazine rings is 1. The number of fused-ring (bicyclic) bond motifs is 3. The van der Waals surface area contributed by atoms with E-state index in [1.54, 1.807) is 24.3 Å². The summed E-state index contributed by atoms with van der Waals surface area (Å²) in [4.78, 5) is 26.6. The molecule has 0 spiro atoms. The summed E-state index contributed by atoms with van der Waals surface area (Å²) >= 11 is 5.96. The molecule has 3 aliphatic rings. The molecule has 39 heavy (non-hydrogen) atoms. The number of rotatable bonds is 8. The van der Waals surface area contributed by atoms with Crippen LogP contribution in [0.15, 0.2) is 48.8 Å². The third-order valence-corrected chi connectivity index (χ3v) is 7.89. The zero-order chi connectivity index (χ0) is 26.9. The smallest absolute Gasteiger partial charge is 0.248 e. The van der Waals surface area contributed by atoms with Gasteiger partial charge in [0.1, 0.15) is 29.8 Å². The largest absolute Gasteiger partial charge is 0.486 e. The van der Waals surface area contributed by atoms with Gasteiger partial charge in [-0.3, -0.25) is 9.69 Å². The van der Waals surface area contributed by atoms with Gasteiger partial charge < -0.3 is 25.0 Å². The van der Waals surface area contributed by atoms with Crippen molar-refractivity contribution in [3.8, 4) is 5.75 Å². The lowest BCUT2D eigenvalue weighted by molar-refractivity contribution is -0.111. The van der Waals surface area contributed by atoms with Crippen molar-refractivity contribution in [1.29, 1.82) is 0 Å². The fraction of sp³-hybridized carbons (Fsp3) is 0.393. The number of hydrogen-bond acceptors (Lipinski definition) is 8. The van der Waals surface area contributed by atoms with E-state index in [4.69, 9.17) is 21.1 Å². The van der Waals surface area contributed by atoms with Crippen LogP contribution in [0.5, 0.6) is 5.75 Å². The zero-order valence-electron chi connectivity index (χ0n) is 21.6. The Morgan fingerprint density at radius 3 is 2.90 bits per heavy atom. The Morgan fingerprint density at radius 2 is 2.15 bits per heavy atom. The summed E-state index contributed by atoms with van der Waals surface area (Å²) in [5.41, 5.74) is 1.69. The van der Waals surface area contributed by atoms with E-state index in [-0.39, 0.29) is 17.0 Å². The Morgan fingerprint density at radius 1 is 1.26 bits per heavy atom. The van der Waals surface area contributed by atoms with Gasteiger partial charge in [-0.25, -0.2) is 14.4 Å². The van der Waals surface area contributed by atoms with E-state index in [0.717, 1.165) is 26.1 Å². The van der Waals surface area contributed by atoms with Crippen molar-refractivity contribution < 1.29 is 18.7 Å². The maximum absolute atomic E-state index is 13.6. The molecule has 1 aromatic heterocycles. The SMILES string of the molecule is CN1CC2CC1CN2CC=CC(=O)Nc1cc2c(Nc3ccc(F)c(Cl)c3)ncnc2cc1O[C@H]1CCOC1. The molecule has 2 N–H and O–H groups in total. The van der Waals surface area contributed by atoms with Gasteiger partial charge in [-0.05, 0) is 37.7 Å². The summed E-state index contributed by atoms with van der Waals surface area (Å²) in [6.45, 7) is 3.98. The predicted molar refractivity (Wildman–Crippen MR) is 148 cm³/mol. The molecule has 3 aromatic rings. The molecule has 0 aliphatic carbocycles. The number of likely N-dealkylation sites (N-methyl/N-ethyl adjacent to an activating group) is 1. The predicted octanol–water partition coefficient (Wildman–Crippen LogP) is 4.22. The van der Waals surface area contributed by atoms with Crippen LogP contribution >= 0.6 is 11.6 Å². The average molecular weight is 553 g/mol. The Bertz CT molecular complexity index is 1410. The number of nitrogens with one attached hydrogen (secondary N) is 2. The van der Waals surface area contributed by atoms with Crippen LogP contribution in [-0.4, -0.2) is 83.8 Å². The molecule has 6 rings (SSSR count). The molecule has 1 amide bonds. The normalized spacial score (nSPS) is 23.2. The maximum Gasteiger partial charge on any atom is 0.248 e. The van der Waals surface area contributed by atoms with E-state index in [9.17, 15) is 9.18 Å². The third kappa shape index (κ3) is 5.69. The van der Waals surface area contributed by atoms with E-state index in [0.29, 0.717) is 59.1 Å². The molecule has 2 bridgehead atoms. The first kappa shape index (κ1) is 25.9. The molecule has 0 radical (unpaired) electrons. The van der Waals surface area contributed by atoms with Crippen molar-refractivity contribution in [3.63, 3.8) is 0 Å². The van der Waals surface area contributed by atoms with Crippen molar-refractivity contribution >= 4 is 45.6 Å². The number of amides is 1. The number of likely N-dealkylation sites (tertiary alicyclic amines) is 2. The summed E-state index contributed by atoms with van der Waals surface area (Å²) in [5.74, 6) is 0.239. The first-order valence-corrected chi connectivity index (χ1v) is 13.5. The molecule has 3 saturated heterocycles. The number of carbonyl (C=O) groups excluding carboxylic acids is 1. The van der Waals surface area contributed by atoms with E-state index in [2.05, 4.69) is 37.4 Å². The van der Waals surface area contributed by atoms with Crippen LogP contribution < -0.4 is 15.4 Å². The van der Waals surface area contributed by atoms with Crippen LogP contribution in [0.4, 0.5) is 21.6 Å². The molecule has 4 heterocycles. The number of aromatic nitrogens is 2. The van der Waals surface area contributed by atoms with Crippen LogP contribution in [0, 0.1) is 5.82 Å². The van der Waals surface area contributed by atoms with Gasteiger partial charge in [-0.2, -0.15) is 0 Å². The van der Waals surface area contributed by atoms with Crippen LogP contribution in [0.1, 0.15) is 12.8 Å². The highest BCUT2D eigenvalue weighted by atomic mass is 35.5. The molecule has 3 fully saturated rings. The van der Waals surface area contributed by atoms with Gasteiger partial charge in [0.15, 0.2) is 0 Å². The van der Waals surface area contributed by atoms with Crippen LogP contribution in [0.25, 0.3) is 10.9 Å². The lowest BCUT2D eigenvalue weighted by Gasteiger charge is -2.30. The van der Waals surface area contributed by atoms with E-state index >= 15 is 0 Å². The maximum atomic E-state index is 13.6. The molecule has 0 saturated carbocycles. The second kappa shape index (κ2) is 11.1. The fourth-order valence-corrected chi connectivity index (χ4v) is 5.70. The van der Waals surface area contributed by atoms with E-state index in [1.165, 1.54) is 24.9 Å². The van der Waals surface area contributed by atoms with Gasteiger partial charge in [0, 0.05) is 61.4 Å². The van der Waals surface area contributed by atoms with Crippen LogP contribution in [0.3, 0.4) is 0 Å². The molecular formula is C28H30ClFN6O3. The standard InChI is InChI=1S/C28H30ClFN6O3/c1-35-13-19-10-18(35)14-36(19)7-2-3-27(37)34-25-11-21-24(12-26(25)39-20-6-8-38-15-20)31-16-32-28(21)33-17-4-5-23(30)22(29)9-17/h2-5,9,11-12,16,18-20H,6-8,10,13-15H2,1H3,(H,34,37)(H,31,32,33)/t18?,19?,20-/m0/s1. The number of benzene rings is 2. The van der Waals surface area contributed by atoms with Crippen LogP contribution in [0.2, 0.25) is 5.02 Å². The molecule has 2 unspecified atom stereocenters. The Balaban J connectivity index is 1.23. The molecular weight excluding hydrogens is 523 g/mol. The monoisotopic (exact) mass is 552 g/mol.